The topological polar surface area (TPSA) is 57.9 Å². The molecule has 0 radical (unpaired) electrons. The molecule has 0 bridgehead atoms. The van der Waals surface area contributed by atoms with Crippen molar-refractivity contribution in [2.24, 2.45) is 0 Å². The second-order valence-electron chi connectivity index (χ2n) is 5.38. The first-order valence-electron chi connectivity index (χ1n) is 7.37. The van der Waals surface area contributed by atoms with Crippen LogP contribution in [0.5, 0.6) is 5.75 Å². The van der Waals surface area contributed by atoms with Gasteiger partial charge >= 0.3 is 0 Å². The largest absolute Gasteiger partial charge is 0.497 e. The Morgan fingerprint density at radius 3 is 2.65 bits per heavy atom. The van der Waals surface area contributed by atoms with Crippen molar-refractivity contribution in [3.05, 3.63) is 65.4 Å². The zero-order valence-corrected chi connectivity index (χ0v) is 13.1. The lowest BCUT2D eigenvalue weighted by molar-refractivity contribution is 0.415. The van der Waals surface area contributed by atoms with E-state index in [1.807, 2.05) is 18.2 Å². The Bertz CT molecular complexity index is 879. The molecule has 4 nitrogen and oxygen atoms in total. The molecule has 1 heterocycles. The van der Waals surface area contributed by atoms with E-state index in [0.29, 0.717) is 12.1 Å². The lowest BCUT2D eigenvalue weighted by Gasteiger charge is -2.12. The predicted octanol–water partition coefficient (Wildman–Crippen LogP) is 4.04. The van der Waals surface area contributed by atoms with Gasteiger partial charge in [0.25, 0.3) is 0 Å². The molecule has 0 fully saturated rings. The van der Waals surface area contributed by atoms with Gasteiger partial charge in [-0.2, -0.15) is 5.26 Å². The molecule has 23 heavy (non-hydrogen) atoms. The zero-order chi connectivity index (χ0) is 16.2. The van der Waals surface area contributed by atoms with Gasteiger partial charge in [0.2, 0.25) is 0 Å². The fourth-order valence-electron chi connectivity index (χ4n) is 2.47. The molecule has 0 aliphatic rings. The highest BCUT2D eigenvalue weighted by molar-refractivity contribution is 5.94. The number of nitrogens with zero attached hydrogens (tertiary/aromatic N) is 2. The third-order valence-electron chi connectivity index (χ3n) is 3.79. The second-order valence-corrected chi connectivity index (χ2v) is 5.38. The van der Waals surface area contributed by atoms with Crippen LogP contribution in [-0.4, -0.2) is 12.1 Å². The fourth-order valence-corrected chi connectivity index (χ4v) is 2.47. The lowest BCUT2D eigenvalue weighted by atomic mass is 10.1. The SMILES string of the molecule is COc1ccc2c(NCc3ccc(C)cc3)c(C#N)cnc2c1. The van der Waals surface area contributed by atoms with Crippen LogP contribution in [0.4, 0.5) is 5.69 Å². The highest BCUT2D eigenvalue weighted by atomic mass is 16.5. The van der Waals surface area contributed by atoms with E-state index in [-0.39, 0.29) is 0 Å². The molecule has 1 N–H and O–H groups in total. The van der Waals surface area contributed by atoms with E-state index in [2.05, 4.69) is 47.6 Å². The summed E-state index contributed by atoms with van der Waals surface area (Å²) in [5.74, 6) is 0.749. The molecule has 114 valence electrons. The van der Waals surface area contributed by atoms with Gasteiger partial charge in [-0.3, -0.25) is 4.98 Å². The van der Waals surface area contributed by atoms with Crippen molar-refractivity contribution >= 4 is 16.6 Å². The van der Waals surface area contributed by atoms with Crippen LogP contribution in [-0.2, 0) is 6.54 Å². The summed E-state index contributed by atoms with van der Waals surface area (Å²) in [6, 6.07) is 16.2. The molecule has 4 heteroatoms. The Morgan fingerprint density at radius 1 is 1.17 bits per heavy atom. The van der Waals surface area contributed by atoms with Crippen LogP contribution >= 0.6 is 0 Å². The summed E-state index contributed by atoms with van der Waals surface area (Å²) in [7, 11) is 1.63. The molecular formula is C19H17N3O. The van der Waals surface area contributed by atoms with E-state index in [0.717, 1.165) is 27.9 Å². The maximum Gasteiger partial charge on any atom is 0.121 e. The predicted molar refractivity (Wildman–Crippen MR) is 91.5 cm³/mol. The van der Waals surface area contributed by atoms with Crippen molar-refractivity contribution < 1.29 is 4.74 Å². The normalized spacial score (nSPS) is 10.3. The Hall–Kier alpha value is -3.06. The number of hydrogen-bond acceptors (Lipinski definition) is 4. The summed E-state index contributed by atoms with van der Waals surface area (Å²) in [5.41, 5.74) is 4.54. The number of methoxy groups -OCH3 is 1. The minimum atomic E-state index is 0.537. The molecule has 0 unspecified atom stereocenters. The molecule has 2 aromatic carbocycles. The number of rotatable bonds is 4. The van der Waals surface area contributed by atoms with Gasteiger partial charge in [-0.05, 0) is 24.6 Å². The highest BCUT2D eigenvalue weighted by Crippen LogP contribution is 2.28. The van der Waals surface area contributed by atoms with Crippen LogP contribution in [0, 0.1) is 18.3 Å². The Kier molecular flexibility index (Phi) is 4.11. The number of anilines is 1. The van der Waals surface area contributed by atoms with Gasteiger partial charge in [0, 0.05) is 24.2 Å². The summed E-state index contributed by atoms with van der Waals surface area (Å²) in [4.78, 5) is 4.35. The molecule has 0 aliphatic heterocycles. The maximum absolute atomic E-state index is 9.36. The van der Waals surface area contributed by atoms with Crippen LogP contribution in [0.2, 0.25) is 0 Å². The lowest BCUT2D eigenvalue weighted by Crippen LogP contribution is -2.03. The molecule has 0 saturated heterocycles. The molecule has 1 aromatic heterocycles. The summed E-state index contributed by atoms with van der Waals surface area (Å²) in [6.07, 6.45) is 1.60. The maximum atomic E-state index is 9.36. The van der Waals surface area contributed by atoms with Crippen LogP contribution in [0.1, 0.15) is 16.7 Å². The second kappa shape index (κ2) is 6.37. The molecule has 0 aliphatic carbocycles. The number of nitrogens with one attached hydrogen (secondary N) is 1. The van der Waals surface area contributed by atoms with Gasteiger partial charge in [0.05, 0.1) is 23.9 Å². The first kappa shape index (κ1) is 14.9. The van der Waals surface area contributed by atoms with E-state index in [4.69, 9.17) is 4.74 Å². The van der Waals surface area contributed by atoms with Crippen molar-refractivity contribution in [3.63, 3.8) is 0 Å². The number of aryl methyl sites for hydroxylation is 1. The van der Waals surface area contributed by atoms with Gasteiger partial charge in [-0.15, -0.1) is 0 Å². The average Bonchev–Trinajstić information content (AvgIpc) is 2.60. The van der Waals surface area contributed by atoms with Gasteiger partial charge in [0.1, 0.15) is 11.8 Å². The van der Waals surface area contributed by atoms with Crippen molar-refractivity contribution in [3.8, 4) is 11.8 Å². The fraction of sp³-hybridized carbons (Fsp3) is 0.158. The molecule has 0 spiro atoms. The third kappa shape index (κ3) is 3.09. The summed E-state index contributed by atoms with van der Waals surface area (Å²) in [6.45, 7) is 2.72. The van der Waals surface area contributed by atoms with Gasteiger partial charge in [-0.25, -0.2) is 0 Å². The minimum Gasteiger partial charge on any atom is -0.497 e. The number of nitriles is 1. The Morgan fingerprint density at radius 2 is 1.96 bits per heavy atom. The molecule has 0 amide bonds. The monoisotopic (exact) mass is 303 g/mol. The number of benzene rings is 2. The smallest absolute Gasteiger partial charge is 0.121 e. The first-order valence-corrected chi connectivity index (χ1v) is 7.37. The van der Waals surface area contributed by atoms with Crippen molar-refractivity contribution in [1.82, 2.24) is 4.98 Å². The van der Waals surface area contributed by atoms with Crippen LogP contribution in [0.15, 0.2) is 48.7 Å². The van der Waals surface area contributed by atoms with Crippen LogP contribution in [0.3, 0.4) is 0 Å². The van der Waals surface area contributed by atoms with Gasteiger partial charge in [0.15, 0.2) is 0 Å². The highest BCUT2D eigenvalue weighted by Gasteiger charge is 2.09. The van der Waals surface area contributed by atoms with Crippen molar-refractivity contribution in [2.75, 3.05) is 12.4 Å². The molecular weight excluding hydrogens is 286 g/mol. The van der Waals surface area contributed by atoms with Gasteiger partial charge < -0.3 is 10.1 Å². The molecule has 3 aromatic rings. The van der Waals surface area contributed by atoms with E-state index < -0.39 is 0 Å². The Labute approximate surface area is 135 Å². The Balaban J connectivity index is 1.97. The van der Waals surface area contributed by atoms with E-state index in [1.165, 1.54) is 5.56 Å². The summed E-state index contributed by atoms with van der Waals surface area (Å²) in [5, 5.41) is 13.6. The van der Waals surface area contributed by atoms with Crippen LogP contribution in [0.25, 0.3) is 10.9 Å². The van der Waals surface area contributed by atoms with Gasteiger partial charge in [-0.1, -0.05) is 29.8 Å². The quantitative estimate of drug-likeness (QED) is 0.790. The minimum absolute atomic E-state index is 0.537. The summed E-state index contributed by atoms with van der Waals surface area (Å²) < 4.78 is 5.23. The average molecular weight is 303 g/mol. The zero-order valence-electron chi connectivity index (χ0n) is 13.1. The number of pyridine rings is 1. The van der Waals surface area contributed by atoms with E-state index in [1.54, 1.807) is 13.3 Å². The third-order valence-corrected chi connectivity index (χ3v) is 3.79. The number of ether oxygens (including phenoxy) is 1. The summed E-state index contributed by atoms with van der Waals surface area (Å²) >= 11 is 0. The number of aromatic nitrogens is 1. The van der Waals surface area contributed by atoms with E-state index in [9.17, 15) is 5.26 Å². The standard InChI is InChI=1S/C19H17N3O/c1-13-3-5-14(6-4-13)11-22-19-15(10-20)12-21-18-9-16(23-2)7-8-17(18)19/h3-9,12H,11H2,1-2H3,(H,21,22). The van der Waals surface area contributed by atoms with Crippen molar-refractivity contribution in [2.45, 2.75) is 13.5 Å². The van der Waals surface area contributed by atoms with E-state index >= 15 is 0 Å². The molecule has 3 rings (SSSR count). The molecule has 0 saturated carbocycles. The first-order chi connectivity index (χ1) is 11.2. The van der Waals surface area contributed by atoms with Crippen molar-refractivity contribution in [1.29, 1.82) is 5.26 Å². The van der Waals surface area contributed by atoms with Crippen LogP contribution < -0.4 is 10.1 Å². The number of fused-ring (bicyclic) bond motifs is 1. The number of hydrogen-bond donors (Lipinski definition) is 1. The molecule has 0 atom stereocenters.